The first-order chi connectivity index (χ1) is 11.7. The van der Waals surface area contributed by atoms with Crippen LogP contribution in [0, 0.1) is 0 Å². The molecular weight excluding hydrogens is 308 g/mol. The van der Waals surface area contributed by atoms with Crippen LogP contribution < -0.4 is 5.43 Å². The van der Waals surface area contributed by atoms with E-state index < -0.39 is 0 Å². The molecule has 0 amide bonds. The van der Waals surface area contributed by atoms with Crippen LogP contribution in [0.25, 0.3) is 22.1 Å². The van der Waals surface area contributed by atoms with E-state index in [-0.39, 0.29) is 17.4 Å². The van der Waals surface area contributed by atoms with Gasteiger partial charge in [0, 0.05) is 16.5 Å². The van der Waals surface area contributed by atoms with E-state index in [0.29, 0.717) is 16.7 Å². The van der Waals surface area contributed by atoms with Crippen molar-refractivity contribution < 1.29 is 10.2 Å². The molecule has 4 aromatic rings. The van der Waals surface area contributed by atoms with Gasteiger partial charge in [-0.15, -0.1) is 10.2 Å². The van der Waals surface area contributed by atoms with Crippen molar-refractivity contribution in [1.29, 1.82) is 0 Å². The van der Waals surface area contributed by atoms with Gasteiger partial charge in [-0.2, -0.15) is 10.1 Å². The molecule has 8 heteroatoms. The number of hydrogen-bond acceptors (Lipinski definition) is 7. The molecule has 118 valence electrons. The van der Waals surface area contributed by atoms with Gasteiger partial charge in [0.2, 0.25) is 0 Å². The Morgan fingerprint density at radius 3 is 2.88 bits per heavy atom. The van der Waals surface area contributed by atoms with Crippen molar-refractivity contribution in [3.8, 4) is 11.5 Å². The maximum atomic E-state index is 9.68. The average molecular weight is 320 g/mol. The van der Waals surface area contributed by atoms with E-state index in [4.69, 9.17) is 0 Å². The summed E-state index contributed by atoms with van der Waals surface area (Å²) in [5, 5.41) is 32.1. The highest BCUT2D eigenvalue weighted by atomic mass is 16.3. The Balaban J connectivity index is 1.61. The number of phenols is 2. The number of para-hydroxylation sites is 1. The zero-order valence-electron chi connectivity index (χ0n) is 12.3. The summed E-state index contributed by atoms with van der Waals surface area (Å²) in [5.41, 5.74) is 5.23. The maximum absolute atomic E-state index is 9.68. The lowest BCUT2D eigenvalue weighted by Gasteiger charge is -2.00. The van der Waals surface area contributed by atoms with Crippen LogP contribution in [0.15, 0.2) is 47.6 Å². The van der Waals surface area contributed by atoms with Crippen molar-refractivity contribution in [3.63, 3.8) is 0 Å². The second kappa shape index (κ2) is 5.51. The molecule has 0 bridgehead atoms. The fourth-order valence-corrected chi connectivity index (χ4v) is 2.37. The topological polar surface area (TPSA) is 119 Å². The van der Waals surface area contributed by atoms with Crippen LogP contribution in [-0.4, -0.2) is 36.6 Å². The lowest BCUT2D eigenvalue weighted by atomic mass is 10.2. The molecule has 2 aromatic carbocycles. The Hall–Kier alpha value is -3.68. The highest BCUT2D eigenvalue weighted by molar-refractivity contribution is 6.03. The SMILES string of the molecule is Oc1ccc(O)c(/C=N\Nc2nnc3c(n2)[nH]c2ccccc23)c1. The van der Waals surface area contributed by atoms with Crippen molar-refractivity contribution in [2.75, 3.05) is 5.43 Å². The quantitative estimate of drug-likeness (QED) is 0.261. The smallest absolute Gasteiger partial charge is 0.265 e. The number of benzene rings is 2. The molecule has 0 spiro atoms. The minimum absolute atomic E-state index is 0.00321. The molecule has 0 aliphatic carbocycles. The number of aromatic hydroxyl groups is 2. The Labute approximate surface area is 135 Å². The van der Waals surface area contributed by atoms with E-state index in [1.54, 1.807) is 0 Å². The van der Waals surface area contributed by atoms with Gasteiger partial charge in [-0.05, 0) is 24.3 Å². The number of H-pyrrole nitrogens is 1. The lowest BCUT2D eigenvalue weighted by Crippen LogP contribution is -1.99. The normalized spacial score (nSPS) is 11.5. The molecule has 0 radical (unpaired) electrons. The molecule has 0 fully saturated rings. The third-order valence-corrected chi connectivity index (χ3v) is 3.50. The third kappa shape index (κ3) is 2.45. The van der Waals surface area contributed by atoms with Gasteiger partial charge in [0.15, 0.2) is 5.65 Å². The van der Waals surface area contributed by atoms with E-state index in [1.807, 2.05) is 24.3 Å². The van der Waals surface area contributed by atoms with Gasteiger partial charge in [0.25, 0.3) is 5.95 Å². The highest BCUT2D eigenvalue weighted by Crippen LogP contribution is 2.22. The van der Waals surface area contributed by atoms with Crippen LogP contribution >= 0.6 is 0 Å². The summed E-state index contributed by atoms with van der Waals surface area (Å²) in [5.74, 6) is 0.250. The van der Waals surface area contributed by atoms with Crippen molar-refractivity contribution in [2.24, 2.45) is 5.10 Å². The second-order valence-corrected chi connectivity index (χ2v) is 5.12. The number of fused-ring (bicyclic) bond motifs is 3. The van der Waals surface area contributed by atoms with Crippen LogP contribution in [0.4, 0.5) is 5.95 Å². The van der Waals surface area contributed by atoms with Crippen molar-refractivity contribution >= 4 is 34.2 Å². The summed E-state index contributed by atoms with van der Waals surface area (Å²) < 4.78 is 0. The van der Waals surface area contributed by atoms with Crippen LogP contribution in [0.2, 0.25) is 0 Å². The zero-order valence-corrected chi connectivity index (χ0v) is 12.3. The van der Waals surface area contributed by atoms with Crippen LogP contribution in [0.3, 0.4) is 0 Å². The van der Waals surface area contributed by atoms with Gasteiger partial charge in [0.1, 0.15) is 17.0 Å². The van der Waals surface area contributed by atoms with E-state index in [9.17, 15) is 10.2 Å². The molecule has 0 atom stereocenters. The lowest BCUT2D eigenvalue weighted by molar-refractivity contribution is 0.459. The molecule has 2 heterocycles. The number of rotatable bonds is 3. The Kier molecular flexibility index (Phi) is 3.20. The Bertz CT molecular complexity index is 1070. The number of phenolic OH excluding ortho intramolecular Hbond substituents is 2. The highest BCUT2D eigenvalue weighted by Gasteiger charge is 2.08. The molecule has 2 aromatic heterocycles. The summed E-state index contributed by atoms with van der Waals surface area (Å²) in [6, 6.07) is 11.9. The van der Waals surface area contributed by atoms with Crippen LogP contribution in [0.1, 0.15) is 5.56 Å². The molecule has 4 rings (SSSR count). The van der Waals surface area contributed by atoms with E-state index in [0.717, 1.165) is 10.9 Å². The minimum atomic E-state index is 0.00321. The van der Waals surface area contributed by atoms with Gasteiger partial charge in [0.05, 0.1) is 6.21 Å². The van der Waals surface area contributed by atoms with Gasteiger partial charge in [-0.25, -0.2) is 5.43 Å². The first kappa shape index (κ1) is 13.9. The molecule has 8 nitrogen and oxygen atoms in total. The fourth-order valence-electron chi connectivity index (χ4n) is 2.37. The summed E-state index contributed by atoms with van der Waals surface area (Å²) in [7, 11) is 0. The fraction of sp³-hybridized carbons (Fsp3) is 0. The predicted molar refractivity (Wildman–Crippen MR) is 90.2 cm³/mol. The molecule has 0 saturated heterocycles. The van der Waals surface area contributed by atoms with E-state index in [2.05, 4.69) is 30.7 Å². The average Bonchev–Trinajstić information content (AvgIpc) is 2.96. The van der Waals surface area contributed by atoms with E-state index in [1.165, 1.54) is 24.4 Å². The van der Waals surface area contributed by atoms with Crippen molar-refractivity contribution in [1.82, 2.24) is 20.2 Å². The molecule has 4 N–H and O–H groups in total. The molecule has 0 aliphatic rings. The maximum Gasteiger partial charge on any atom is 0.265 e. The molecular formula is C16H12N6O2. The van der Waals surface area contributed by atoms with Gasteiger partial charge in [-0.1, -0.05) is 18.2 Å². The predicted octanol–water partition coefficient (Wildman–Crippen LogP) is 2.36. The first-order valence-corrected chi connectivity index (χ1v) is 7.13. The molecule has 0 aliphatic heterocycles. The number of aromatic amines is 1. The summed E-state index contributed by atoms with van der Waals surface area (Å²) in [6.45, 7) is 0. The monoisotopic (exact) mass is 320 g/mol. The van der Waals surface area contributed by atoms with Crippen LogP contribution in [-0.2, 0) is 0 Å². The second-order valence-electron chi connectivity index (χ2n) is 5.12. The molecule has 24 heavy (non-hydrogen) atoms. The molecule has 0 unspecified atom stereocenters. The largest absolute Gasteiger partial charge is 0.508 e. The first-order valence-electron chi connectivity index (χ1n) is 7.13. The van der Waals surface area contributed by atoms with Gasteiger partial charge in [-0.3, -0.25) is 0 Å². The Morgan fingerprint density at radius 2 is 1.96 bits per heavy atom. The standard InChI is InChI=1S/C16H12N6O2/c23-10-5-6-13(24)9(7-10)8-17-21-16-19-15-14(20-22-16)11-3-1-2-4-12(11)18-15/h1-8,23-24H,(H2,18,19,21,22)/b17-8-. The number of hydrogen-bond donors (Lipinski definition) is 4. The summed E-state index contributed by atoms with van der Waals surface area (Å²) >= 11 is 0. The van der Waals surface area contributed by atoms with Gasteiger partial charge >= 0.3 is 0 Å². The van der Waals surface area contributed by atoms with Crippen molar-refractivity contribution in [3.05, 3.63) is 48.0 Å². The number of hydrazone groups is 1. The number of anilines is 1. The summed E-state index contributed by atoms with van der Waals surface area (Å²) in [6.07, 6.45) is 1.35. The minimum Gasteiger partial charge on any atom is -0.508 e. The van der Waals surface area contributed by atoms with Crippen molar-refractivity contribution in [2.45, 2.75) is 0 Å². The van der Waals surface area contributed by atoms with Gasteiger partial charge < -0.3 is 15.2 Å². The summed E-state index contributed by atoms with van der Waals surface area (Å²) in [4.78, 5) is 7.48. The Morgan fingerprint density at radius 1 is 1.08 bits per heavy atom. The number of aromatic nitrogens is 4. The third-order valence-electron chi connectivity index (χ3n) is 3.50. The molecule has 0 saturated carbocycles. The zero-order chi connectivity index (χ0) is 16.5. The van der Waals surface area contributed by atoms with E-state index >= 15 is 0 Å². The van der Waals surface area contributed by atoms with Crippen LogP contribution in [0.5, 0.6) is 11.5 Å². The number of nitrogens with zero attached hydrogens (tertiary/aromatic N) is 4. The number of nitrogens with one attached hydrogen (secondary N) is 2.